The topological polar surface area (TPSA) is 29.4 Å². The standard InChI is InChI=1S/C28H25NO/c1-2-27(30)26(20-24-18-11-17-21-12-9-10-19-25(21)24)29-28(22-13-5-3-6-14-22)23-15-7-4-8-16-23/h3-19,26H,2,20H2,1H3/t26-/m1/s1. The average Bonchev–Trinajstić information content (AvgIpc) is 2.82. The van der Waals surface area contributed by atoms with E-state index in [1.54, 1.807) is 0 Å². The minimum atomic E-state index is -0.420. The Labute approximate surface area is 177 Å². The molecule has 0 unspecified atom stereocenters. The molecule has 4 aromatic carbocycles. The van der Waals surface area contributed by atoms with E-state index < -0.39 is 6.04 Å². The number of ketones is 1. The largest absolute Gasteiger partial charge is 0.297 e. The zero-order chi connectivity index (χ0) is 20.8. The summed E-state index contributed by atoms with van der Waals surface area (Å²) in [7, 11) is 0. The first-order chi connectivity index (χ1) is 14.8. The minimum Gasteiger partial charge on any atom is -0.297 e. The van der Waals surface area contributed by atoms with Crippen LogP contribution in [0.1, 0.15) is 30.0 Å². The first-order valence-corrected chi connectivity index (χ1v) is 10.4. The summed E-state index contributed by atoms with van der Waals surface area (Å²) >= 11 is 0. The van der Waals surface area contributed by atoms with Gasteiger partial charge in [0, 0.05) is 24.0 Å². The molecule has 0 spiro atoms. The van der Waals surface area contributed by atoms with Crippen molar-refractivity contribution in [1.29, 1.82) is 0 Å². The Morgan fingerprint density at radius 3 is 1.93 bits per heavy atom. The number of carbonyl (C=O) groups is 1. The fourth-order valence-corrected chi connectivity index (χ4v) is 3.81. The number of aliphatic imine (C=N–C) groups is 1. The lowest BCUT2D eigenvalue weighted by Crippen LogP contribution is -2.23. The summed E-state index contributed by atoms with van der Waals surface area (Å²) in [5.41, 5.74) is 4.07. The van der Waals surface area contributed by atoms with E-state index in [1.807, 2.05) is 55.5 Å². The Hall–Kier alpha value is -3.52. The number of nitrogens with zero attached hydrogens (tertiary/aromatic N) is 1. The van der Waals surface area contributed by atoms with Crippen LogP contribution < -0.4 is 0 Å². The van der Waals surface area contributed by atoms with Crippen LogP contribution in [0.3, 0.4) is 0 Å². The molecule has 0 aliphatic rings. The predicted octanol–water partition coefficient (Wildman–Crippen LogP) is 6.27. The maximum absolute atomic E-state index is 12.9. The molecule has 0 heterocycles. The molecule has 0 aromatic heterocycles. The highest BCUT2D eigenvalue weighted by Gasteiger charge is 2.19. The van der Waals surface area contributed by atoms with Crippen molar-refractivity contribution in [2.75, 3.05) is 0 Å². The zero-order valence-corrected chi connectivity index (χ0v) is 17.2. The molecule has 2 nitrogen and oxygen atoms in total. The number of Topliss-reactive ketones (excluding diaryl/α,β-unsaturated/α-hetero) is 1. The second-order valence-electron chi connectivity index (χ2n) is 7.39. The van der Waals surface area contributed by atoms with Crippen LogP contribution >= 0.6 is 0 Å². The molecule has 30 heavy (non-hydrogen) atoms. The summed E-state index contributed by atoms with van der Waals surface area (Å²) in [6.45, 7) is 1.92. The number of benzene rings is 4. The zero-order valence-electron chi connectivity index (χ0n) is 17.2. The van der Waals surface area contributed by atoms with Crippen LogP contribution in [0.25, 0.3) is 10.8 Å². The van der Waals surface area contributed by atoms with Crippen LogP contribution in [0.4, 0.5) is 0 Å². The Morgan fingerprint density at radius 1 is 0.733 bits per heavy atom. The lowest BCUT2D eigenvalue weighted by Gasteiger charge is -2.16. The van der Waals surface area contributed by atoms with E-state index in [0.29, 0.717) is 12.8 Å². The summed E-state index contributed by atoms with van der Waals surface area (Å²) < 4.78 is 0. The Bertz CT molecular complexity index is 1120. The number of hydrogen-bond acceptors (Lipinski definition) is 2. The van der Waals surface area contributed by atoms with Gasteiger partial charge in [-0.1, -0.05) is 110 Å². The van der Waals surface area contributed by atoms with E-state index in [-0.39, 0.29) is 5.78 Å². The second-order valence-corrected chi connectivity index (χ2v) is 7.39. The van der Waals surface area contributed by atoms with Crippen LogP contribution in [0.15, 0.2) is 108 Å². The smallest absolute Gasteiger partial charge is 0.157 e. The third-order valence-electron chi connectivity index (χ3n) is 5.39. The fourth-order valence-electron chi connectivity index (χ4n) is 3.81. The van der Waals surface area contributed by atoms with Gasteiger partial charge in [0.1, 0.15) is 6.04 Å². The molecular formula is C28H25NO. The molecule has 0 aliphatic heterocycles. The molecule has 4 rings (SSSR count). The van der Waals surface area contributed by atoms with Crippen molar-refractivity contribution in [2.24, 2.45) is 4.99 Å². The molecule has 4 aromatic rings. The van der Waals surface area contributed by atoms with Gasteiger partial charge >= 0.3 is 0 Å². The van der Waals surface area contributed by atoms with E-state index in [4.69, 9.17) is 4.99 Å². The molecule has 0 N–H and O–H groups in total. The first kappa shape index (κ1) is 19.8. The fraction of sp³-hybridized carbons (Fsp3) is 0.143. The summed E-state index contributed by atoms with van der Waals surface area (Å²) in [4.78, 5) is 18.0. The molecule has 0 saturated carbocycles. The normalized spacial score (nSPS) is 11.8. The van der Waals surface area contributed by atoms with Gasteiger partial charge in [0.15, 0.2) is 5.78 Å². The maximum Gasteiger partial charge on any atom is 0.157 e. The molecule has 2 heteroatoms. The van der Waals surface area contributed by atoms with Crippen molar-refractivity contribution in [1.82, 2.24) is 0 Å². The highest BCUT2D eigenvalue weighted by atomic mass is 16.1. The van der Waals surface area contributed by atoms with E-state index in [0.717, 1.165) is 22.4 Å². The molecule has 0 saturated heterocycles. The Kier molecular flexibility index (Phi) is 6.14. The monoisotopic (exact) mass is 391 g/mol. The second kappa shape index (κ2) is 9.32. The van der Waals surface area contributed by atoms with Crippen LogP contribution in [-0.2, 0) is 11.2 Å². The molecule has 148 valence electrons. The summed E-state index contributed by atoms with van der Waals surface area (Å²) in [6, 6.07) is 34.4. The van der Waals surface area contributed by atoms with Crippen molar-refractivity contribution in [3.05, 3.63) is 120 Å². The van der Waals surface area contributed by atoms with Gasteiger partial charge < -0.3 is 0 Å². The van der Waals surface area contributed by atoms with Gasteiger partial charge in [-0.05, 0) is 16.3 Å². The van der Waals surface area contributed by atoms with Gasteiger partial charge in [0.25, 0.3) is 0 Å². The van der Waals surface area contributed by atoms with Gasteiger partial charge in [0.05, 0.1) is 5.71 Å². The number of rotatable bonds is 7. The minimum absolute atomic E-state index is 0.160. The van der Waals surface area contributed by atoms with Crippen LogP contribution in [-0.4, -0.2) is 17.5 Å². The van der Waals surface area contributed by atoms with Crippen LogP contribution in [0.2, 0.25) is 0 Å². The van der Waals surface area contributed by atoms with Crippen LogP contribution in [0, 0.1) is 0 Å². The van der Waals surface area contributed by atoms with Crippen molar-refractivity contribution >= 4 is 22.3 Å². The SMILES string of the molecule is CCC(=O)[C@@H](Cc1cccc2ccccc12)N=C(c1ccccc1)c1ccccc1. The van der Waals surface area contributed by atoms with Crippen molar-refractivity contribution in [2.45, 2.75) is 25.8 Å². The summed E-state index contributed by atoms with van der Waals surface area (Å²) in [6.07, 6.45) is 1.06. The van der Waals surface area contributed by atoms with Crippen molar-refractivity contribution < 1.29 is 4.79 Å². The molecular weight excluding hydrogens is 366 g/mol. The van der Waals surface area contributed by atoms with E-state index in [2.05, 4.69) is 54.6 Å². The highest BCUT2D eigenvalue weighted by Crippen LogP contribution is 2.22. The van der Waals surface area contributed by atoms with Gasteiger partial charge in [-0.15, -0.1) is 0 Å². The number of hydrogen-bond donors (Lipinski definition) is 0. The van der Waals surface area contributed by atoms with Crippen molar-refractivity contribution in [3.63, 3.8) is 0 Å². The lowest BCUT2D eigenvalue weighted by molar-refractivity contribution is -0.119. The number of fused-ring (bicyclic) bond motifs is 1. The molecule has 0 radical (unpaired) electrons. The molecule has 1 atom stereocenters. The summed E-state index contributed by atoms with van der Waals surface area (Å²) in [5.74, 6) is 0.160. The molecule has 0 amide bonds. The molecule has 0 fully saturated rings. The lowest BCUT2D eigenvalue weighted by atomic mass is 9.95. The van der Waals surface area contributed by atoms with E-state index in [9.17, 15) is 4.79 Å². The van der Waals surface area contributed by atoms with Crippen LogP contribution in [0.5, 0.6) is 0 Å². The highest BCUT2D eigenvalue weighted by molar-refractivity contribution is 6.13. The van der Waals surface area contributed by atoms with Gasteiger partial charge in [-0.2, -0.15) is 0 Å². The van der Waals surface area contributed by atoms with Gasteiger partial charge in [0.2, 0.25) is 0 Å². The Morgan fingerprint density at radius 2 is 1.30 bits per heavy atom. The predicted molar refractivity (Wildman–Crippen MR) is 125 cm³/mol. The van der Waals surface area contributed by atoms with Gasteiger partial charge in [-0.3, -0.25) is 9.79 Å². The maximum atomic E-state index is 12.9. The quantitative estimate of drug-likeness (QED) is 0.342. The first-order valence-electron chi connectivity index (χ1n) is 10.4. The number of carbonyl (C=O) groups excluding carboxylic acids is 1. The Balaban J connectivity index is 1.80. The van der Waals surface area contributed by atoms with E-state index >= 15 is 0 Å². The third-order valence-corrected chi connectivity index (χ3v) is 5.39. The third kappa shape index (κ3) is 4.38. The molecule has 0 bridgehead atoms. The van der Waals surface area contributed by atoms with Crippen molar-refractivity contribution in [3.8, 4) is 0 Å². The summed E-state index contributed by atoms with van der Waals surface area (Å²) in [5, 5.41) is 2.37. The van der Waals surface area contributed by atoms with E-state index in [1.165, 1.54) is 10.8 Å². The average molecular weight is 392 g/mol. The molecule has 0 aliphatic carbocycles. The van der Waals surface area contributed by atoms with Gasteiger partial charge in [-0.25, -0.2) is 0 Å².